The van der Waals surface area contributed by atoms with Crippen LogP contribution < -0.4 is 16.8 Å². The number of rotatable bonds is 5. The van der Waals surface area contributed by atoms with E-state index >= 15 is 0 Å². The average Bonchev–Trinajstić information content (AvgIpc) is 3.28. The van der Waals surface area contributed by atoms with Crippen molar-refractivity contribution in [1.82, 2.24) is 15.3 Å². The molecule has 0 saturated heterocycles. The molecule has 1 heterocycles. The summed E-state index contributed by atoms with van der Waals surface area (Å²) < 4.78 is 0. The molecular formula is C15H17N5OS. The van der Waals surface area contributed by atoms with E-state index in [1.165, 1.54) is 17.8 Å². The topological polar surface area (TPSA) is 107 Å². The number of benzene rings is 1. The van der Waals surface area contributed by atoms with E-state index in [2.05, 4.69) is 15.3 Å². The molecule has 114 valence electrons. The summed E-state index contributed by atoms with van der Waals surface area (Å²) in [4.78, 5) is 20.8. The maximum absolute atomic E-state index is 12.5. The molecule has 3 rings (SSSR count). The predicted octanol–water partition coefficient (Wildman–Crippen LogP) is 1.75. The number of carbonyl (C=O) groups is 1. The Labute approximate surface area is 132 Å². The summed E-state index contributed by atoms with van der Waals surface area (Å²) >= 11 is 1.25. The van der Waals surface area contributed by atoms with E-state index in [1.54, 1.807) is 0 Å². The molecule has 1 aromatic heterocycles. The number of nitrogen functional groups attached to an aromatic ring is 2. The van der Waals surface area contributed by atoms with Gasteiger partial charge in [-0.05, 0) is 18.4 Å². The van der Waals surface area contributed by atoms with Gasteiger partial charge in [0.05, 0.1) is 0 Å². The summed E-state index contributed by atoms with van der Waals surface area (Å²) in [6.45, 7) is 0. The first-order chi connectivity index (χ1) is 10.6. The number of thioether (sulfide) groups is 1. The lowest BCUT2D eigenvalue weighted by atomic mass is 10.1. The zero-order valence-corrected chi connectivity index (χ0v) is 12.7. The van der Waals surface area contributed by atoms with E-state index in [1.807, 2.05) is 30.3 Å². The lowest BCUT2D eigenvalue weighted by Crippen LogP contribution is -2.29. The summed E-state index contributed by atoms with van der Waals surface area (Å²) in [6.07, 6.45) is 2.08. The highest BCUT2D eigenvalue weighted by atomic mass is 32.2. The van der Waals surface area contributed by atoms with Gasteiger partial charge in [-0.15, -0.1) is 0 Å². The maximum Gasteiger partial charge on any atom is 0.238 e. The van der Waals surface area contributed by atoms with Crippen LogP contribution in [0.4, 0.5) is 11.6 Å². The van der Waals surface area contributed by atoms with Gasteiger partial charge in [0.25, 0.3) is 0 Å². The third-order valence-corrected chi connectivity index (χ3v) is 4.35. The molecule has 2 aromatic rings. The molecule has 7 heteroatoms. The molecule has 1 saturated carbocycles. The molecule has 0 aliphatic heterocycles. The third kappa shape index (κ3) is 3.67. The molecule has 0 spiro atoms. The molecule has 22 heavy (non-hydrogen) atoms. The Morgan fingerprint density at radius 1 is 1.18 bits per heavy atom. The Hall–Kier alpha value is -2.28. The van der Waals surface area contributed by atoms with Crippen LogP contribution in [0, 0.1) is 0 Å². The van der Waals surface area contributed by atoms with Crippen molar-refractivity contribution in [2.24, 2.45) is 0 Å². The van der Waals surface area contributed by atoms with E-state index in [9.17, 15) is 4.79 Å². The van der Waals surface area contributed by atoms with Gasteiger partial charge >= 0.3 is 0 Å². The summed E-state index contributed by atoms with van der Waals surface area (Å²) in [5, 5.41) is 3.00. The van der Waals surface area contributed by atoms with E-state index in [0.717, 1.165) is 18.4 Å². The van der Waals surface area contributed by atoms with Crippen LogP contribution in [0.5, 0.6) is 0 Å². The predicted molar refractivity (Wildman–Crippen MR) is 87.1 cm³/mol. The molecule has 5 N–H and O–H groups in total. The summed E-state index contributed by atoms with van der Waals surface area (Å²) in [6, 6.07) is 11.3. The van der Waals surface area contributed by atoms with Gasteiger partial charge < -0.3 is 16.8 Å². The second-order valence-electron chi connectivity index (χ2n) is 5.19. The first-order valence-corrected chi connectivity index (χ1v) is 7.92. The standard InChI is InChI=1S/C15H17N5OS/c16-11-8-12(17)20-15(19-11)22-13(9-4-2-1-3-5-9)14(21)18-10-6-7-10/h1-5,8,10,13H,6-7H2,(H,18,21)(H4,16,17,19,20). The van der Waals surface area contributed by atoms with Crippen molar-refractivity contribution >= 4 is 29.3 Å². The Kier molecular flexibility index (Phi) is 4.15. The Bertz CT molecular complexity index is 655. The molecule has 1 aromatic carbocycles. The van der Waals surface area contributed by atoms with Gasteiger partial charge in [-0.2, -0.15) is 0 Å². The minimum absolute atomic E-state index is 0.0386. The zero-order chi connectivity index (χ0) is 15.5. The third-order valence-electron chi connectivity index (χ3n) is 3.23. The van der Waals surface area contributed by atoms with Crippen LogP contribution in [0.15, 0.2) is 41.6 Å². The minimum atomic E-state index is -0.428. The van der Waals surface area contributed by atoms with E-state index < -0.39 is 5.25 Å². The van der Waals surface area contributed by atoms with Crippen LogP contribution in [0.3, 0.4) is 0 Å². The van der Waals surface area contributed by atoms with Crippen molar-refractivity contribution in [2.75, 3.05) is 11.5 Å². The molecule has 1 aliphatic rings. The van der Waals surface area contributed by atoms with Gasteiger partial charge in [0.15, 0.2) is 5.16 Å². The van der Waals surface area contributed by atoms with Crippen LogP contribution in [-0.4, -0.2) is 21.9 Å². The zero-order valence-electron chi connectivity index (χ0n) is 11.9. The fraction of sp³-hybridized carbons (Fsp3) is 0.267. The number of amides is 1. The van der Waals surface area contributed by atoms with Crippen molar-refractivity contribution in [2.45, 2.75) is 29.3 Å². The maximum atomic E-state index is 12.5. The Balaban J connectivity index is 1.85. The highest BCUT2D eigenvalue weighted by Gasteiger charge is 2.29. The highest BCUT2D eigenvalue weighted by molar-refractivity contribution is 8.00. The Morgan fingerprint density at radius 3 is 2.41 bits per heavy atom. The SMILES string of the molecule is Nc1cc(N)nc(SC(C(=O)NC2CC2)c2ccccc2)n1. The van der Waals surface area contributed by atoms with E-state index in [4.69, 9.17) is 11.5 Å². The molecule has 1 amide bonds. The van der Waals surface area contributed by atoms with Crippen LogP contribution in [-0.2, 0) is 4.79 Å². The fourth-order valence-corrected chi connectivity index (χ4v) is 3.02. The van der Waals surface area contributed by atoms with Crippen molar-refractivity contribution in [3.05, 3.63) is 42.0 Å². The lowest BCUT2D eigenvalue weighted by Gasteiger charge is -2.16. The van der Waals surface area contributed by atoms with Gasteiger partial charge in [-0.1, -0.05) is 42.1 Å². The lowest BCUT2D eigenvalue weighted by molar-refractivity contribution is -0.120. The number of nitrogens with one attached hydrogen (secondary N) is 1. The second-order valence-corrected chi connectivity index (χ2v) is 6.26. The summed E-state index contributed by atoms with van der Waals surface area (Å²) in [7, 11) is 0. The van der Waals surface area contributed by atoms with Crippen molar-refractivity contribution in [1.29, 1.82) is 0 Å². The van der Waals surface area contributed by atoms with E-state index in [0.29, 0.717) is 22.8 Å². The van der Waals surface area contributed by atoms with Crippen molar-refractivity contribution in [3.63, 3.8) is 0 Å². The summed E-state index contributed by atoms with van der Waals surface area (Å²) in [5.41, 5.74) is 12.3. The van der Waals surface area contributed by atoms with Gasteiger partial charge in [0.1, 0.15) is 16.9 Å². The first kappa shape index (κ1) is 14.6. The largest absolute Gasteiger partial charge is 0.383 e. The highest BCUT2D eigenvalue weighted by Crippen LogP contribution is 2.35. The fourth-order valence-electron chi connectivity index (χ4n) is 2.03. The van der Waals surface area contributed by atoms with Crippen LogP contribution in [0.25, 0.3) is 0 Å². The van der Waals surface area contributed by atoms with Crippen molar-refractivity contribution < 1.29 is 4.79 Å². The number of nitrogens with two attached hydrogens (primary N) is 2. The Morgan fingerprint density at radius 2 is 1.82 bits per heavy atom. The number of aromatic nitrogens is 2. The monoisotopic (exact) mass is 315 g/mol. The molecule has 0 bridgehead atoms. The van der Waals surface area contributed by atoms with Gasteiger partial charge in [0.2, 0.25) is 5.91 Å². The number of hydrogen-bond acceptors (Lipinski definition) is 6. The quantitative estimate of drug-likeness (QED) is 0.573. The molecule has 1 atom stereocenters. The number of hydrogen-bond donors (Lipinski definition) is 3. The molecule has 6 nitrogen and oxygen atoms in total. The van der Waals surface area contributed by atoms with E-state index in [-0.39, 0.29) is 5.91 Å². The number of nitrogens with zero attached hydrogens (tertiary/aromatic N) is 2. The molecule has 0 radical (unpaired) electrons. The average molecular weight is 315 g/mol. The van der Waals surface area contributed by atoms with Crippen LogP contribution >= 0.6 is 11.8 Å². The first-order valence-electron chi connectivity index (χ1n) is 7.04. The van der Waals surface area contributed by atoms with Crippen LogP contribution in [0.2, 0.25) is 0 Å². The van der Waals surface area contributed by atoms with Crippen molar-refractivity contribution in [3.8, 4) is 0 Å². The second kappa shape index (κ2) is 6.23. The molecule has 1 unspecified atom stereocenters. The molecule has 1 aliphatic carbocycles. The summed E-state index contributed by atoms with van der Waals surface area (Å²) in [5.74, 6) is 0.553. The molecular weight excluding hydrogens is 298 g/mol. The normalized spacial score (nSPS) is 15.3. The minimum Gasteiger partial charge on any atom is -0.383 e. The van der Waals surface area contributed by atoms with Gasteiger partial charge in [-0.25, -0.2) is 9.97 Å². The smallest absolute Gasteiger partial charge is 0.238 e. The van der Waals surface area contributed by atoms with Gasteiger partial charge in [0, 0.05) is 12.1 Å². The van der Waals surface area contributed by atoms with Crippen LogP contribution in [0.1, 0.15) is 23.7 Å². The molecule has 1 fully saturated rings. The number of anilines is 2. The van der Waals surface area contributed by atoms with Gasteiger partial charge in [-0.3, -0.25) is 4.79 Å². The number of carbonyl (C=O) groups excluding carboxylic acids is 1.